The SMILES string of the molecule is N#Cc1ccc(-c2ncc(C(O)=C3C(=O)C4C=CC(C4)C3=O)c(=O)n2-c2ccccc2)cc1. The lowest BCUT2D eigenvalue weighted by Crippen LogP contribution is -2.32. The molecule has 7 heteroatoms. The summed E-state index contributed by atoms with van der Waals surface area (Å²) in [6.45, 7) is 0. The molecule has 0 spiro atoms. The summed E-state index contributed by atoms with van der Waals surface area (Å²) < 4.78 is 1.32. The number of carbonyl (C=O) groups excluding carboxylic acids is 2. The van der Waals surface area contributed by atoms with E-state index in [0.717, 1.165) is 0 Å². The van der Waals surface area contributed by atoms with E-state index in [1.807, 2.05) is 6.07 Å². The van der Waals surface area contributed by atoms with Gasteiger partial charge in [0.25, 0.3) is 5.56 Å². The van der Waals surface area contributed by atoms with Gasteiger partial charge in [-0.25, -0.2) is 4.98 Å². The summed E-state index contributed by atoms with van der Waals surface area (Å²) in [5, 5.41) is 20.0. The lowest BCUT2D eigenvalue weighted by atomic mass is 9.81. The maximum absolute atomic E-state index is 13.6. The molecule has 2 aromatic carbocycles. The summed E-state index contributed by atoms with van der Waals surface area (Å²) in [4.78, 5) is 43.6. The molecule has 0 saturated heterocycles. The van der Waals surface area contributed by atoms with E-state index in [1.54, 1.807) is 66.7 Å². The van der Waals surface area contributed by atoms with Crippen LogP contribution >= 0.6 is 0 Å². The number of nitriles is 1. The van der Waals surface area contributed by atoms with Crippen molar-refractivity contribution in [3.8, 4) is 23.1 Å². The predicted molar refractivity (Wildman–Crippen MR) is 120 cm³/mol. The predicted octanol–water partition coefficient (Wildman–Crippen LogP) is 3.38. The maximum atomic E-state index is 13.6. The van der Waals surface area contributed by atoms with Crippen molar-refractivity contribution in [2.75, 3.05) is 0 Å². The van der Waals surface area contributed by atoms with Gasteiger partial charge in [-0.1, -0.05) is 30.4 Å². The fourth-order valence-corrected chi connectivity index (χ4v) is 4.28. The maximum Gasteiger partial charge on any atom is 0.269 e. The highest BCUT2D eigenvalue weighted by Crippen LogP contribution is 2.37. The molecule has 0 radical (unpaired) electrons. The number of nitrogens with zero attached hydrogens (tertiary/aromatic N) is 3. The van der Waals surface area contributed by atoms with E-state index in [1.165, 1.54) is 10.8 Å². The van der Waals surface area contributed by atoms with Crippen molar-refractivity contribution in [3.63, 3.8) is 0 Å². The van der Waals surface area contributed by atoms with Crippen molar-refractivity contribution < 1.29 is 14.7 Å². The molecule has 0 amide bonds. The Balaban J connectivity index is 1.73. The quantitative estimate of drug-likeness (QED) is 0.292. The molecule has 5 rings (SSSR count). The lowest BCUT2D eigenvalue weighted by molar-refractivity contribution is -0.126. The summed E-state index contributed by atoms with van der Waals surface area (Å²) in [5.74, 6) is -2.25. The molecule has 1 fully saturated rings. The van der Waals surface area contributed by atoms with Crippen LogP contribution in [0.3, 0.4) is 0 Å². The minimum atomic E-state index is -0.642. The second-order valence-corrected chi connectivity index (χ2v) is 7.95. The van der Waals surface area contributed by atoms with Crippen LogP contribution in [0.15, 0.2) is 83.3 Å². The Kier molecular flexibility index (Phi) is 4.83. The van der Waals surface area contributed by atoms with Gasteiger partial charge < -0.3 is 5.11 Å². The number of hydrogen-bond acceptors (Lipinski definition) is 6. The monoisotopic (exact) mass is 435 g/mol. The largest absolute Gasteiger partial charge is 0.506 e. The first kappa shape index (κ1) is 20.3. The number of para-hydroxylation sites is 1. The molecule has 2 atom stereocenters. The molecule has 2 unspecified atom stereocenters. The summed E-state index contributed by atoms with van der Waals surface area (Å²) in [5.41, 5.74) is 0.355. The average Bonchev–Trinajstić information content (AvgIpc) is 3.30. The Morgan fingerprint density at radius 2 is 1.61 bits per heavy atom. The van der Waals surface area contributed by atoms with Crippen molar-refractivity contribution >= 4 is 17.3 Å². The molecule has 2 aliphatic carbocycles. The van der Waals surface area contributed by atoms with Crippen molar-refractivity contribution in [2.24, 2.45) is 11.8 Å². The lowest BCUT2D eigenvalue weighted by Gasteiger charge is -2.21. The highest BCUT2D eigenvalue weighted by molar-refractivity contribution is 6.28. The van der Waals surface area contributed by atoms with E-state index >= 15 is 0 Å². The number of hydrogen-bond donors (Lipinski definition) is 1. The number of ketones is 2. The molecule has 3 aromatic rings. The molecule has 1 aromatic heterocycles. The number of allylic oxidation sites excluding steroid dienone is 3. The van der Waals surface area contributed by atoms with Gasteiger partial charge in [0, 0.05) is 23.6 Å². The number of Topliss-reactive ketones (excluding diaryl/α,β-unsaturated/α-hetero) is 2. The molecule has 1 N–H and O–H groups in total. The Bertz CT molecular complexity index is 1430. The number of rotatable bonds is 3. The van der Waals surface area contributed by atoms with Gasteiger partial charge in [-0.05, 0) is 42.8 Å². The first-order chi connectivity index (χ1) is 16.0. The minimum absolute atomic E-state index is 0.228. The normalized spacial score (nSPS) is 18.9. The third kappa shape index (κ3) is 3.29. The Morgan fingerprint density at radius 3 is 2.21 bits per heavy atom. The van der Waals surface area contributed by atoms with Gasteiger partial charge in [-0.2, -0.15) is 5.26 Å². The van der Waals surface area contributed by atoms with E-state index in [0.29, 0.717) is 29.1 Å². The average molecular weight is 435 g/mol. The zero-order chi connectivity index (χ0) is 23.1. The number of aliphatic hydroxyl groups is 1. The minimum Gasteiger partial charge on any atom is -0.506 e. The van der Waals surface area contributed by atoms with Crippen LogP contribution in [0.25, 0.3) is 22.8 Å². The van der Waals surface area contributed by atoms with Crippen molar-refractivity contribution in [2.45, 2.75) is 6.42 Å². The van der Waals surface area contributed by atoms with Gasteiger partial charge >= 0.3 is 0 Å². The van der Waals surface area contributed by atoms with E-state index in [9.17, 15) is 19.5 Å². The van der Waals surface area contributed by atoms with Gasteiger partial charge in [0.1, 0.15) is 22.7 Å². The van der Waals surface area contributed by atoms with Gasteiger partial charge in [-0.15, -0.1) is 0 Å². The summed E-state index contributed by atoms with van der Waals surface area (Å²) in [6.07, 6.45) is 4.94. The molecular formula is C26H17N3O4. The fourth-order valence-electron chi connectivity index (χ4n) is 4.28. The molecule has 1 heterocycles. The van der Waals surface area contributed by atoms with Crippen LogP contribution in [-0.4, -0.2) is 26.2 Å². The van der Waals surface area contributed by atoms with Crippen molar-refractivity contribution in [3.05, 3.63) is 100.0 Å². The van der Waals surface area contributed by atoms with Crippen molar-refractivity contribution in [1.82, 2.24) is 9.55 Å². The van der Waals surface area contributed by atoms with E-state index in [4.69, 9.17) is 5.26 Å². The molecule has 7 nitrogen and oxygen atoms in total. The molecule has 0 aliphatic heterocycles. The van der Waals surface area contributed by atoms with Gasteiger partial charge in [0.2, 0.25) is 0 Å². The van der Waals surface area contributed by atoms with Crippen LogP contribution in [-0.2, 0) is 9.59 Å². The first-order valence-electron chi connectivity index (χ1n) is 10.4. The van der Waals surface area contributed by atoms with E-state index in [-0.39, 0.29) is 11.1 Å². The van der Waals surface area contributed by atoms with Crippen LogP contribution in [0.5, 0.6) is 0 Å². The molecule has 2 aliphatic rings. The summed E-state index contributed by atoms with van der Waals surface area (Å²) in [6, 6.07) is 17.4. The van der Waals surface area contributed by atoms with Gasteiger partial charge in [0.05, 0.1) is 17.3 Å². The number of carbonyl (C=O) groups is 2. The third-order valence-corrected chi connectivity index (χ3v) is 5.99. The number of aromatic nitrogens is 2. The molecule has 2 bridgehead atoms. The van der Waals surface area contributed by atoms with E-state index < -0.39 is 34.7 Å². The number of benzene rings is 2. The summed E-state index contributed by atoms with van der Waals surface area (Å²) in [7, 11) is 0. The van der Waals surface area contributed by atoms with Crippen LogP contribution < -0.4 is 5.56 Å². The Hall–Kier alpha value is -4.57. The van der Waals surface area contributed by atoms with Crippen LogP contribution in [0.2, 0.25) is 0 Å². The number of aliphatic hydroxyl groups excluding tert-OH is 1. The molecule has 160 valence electrons. The van der Waals surface area contributed by atoms with Crippen LogP contribution in [0.1, 0.15) is 17.5 Å². The fraction of sp³-hybridized carbons (Fsp3) is 0.115. The van der Waals surface area contributed by atoms with Crippen LogP contribution in [0.4, 0.5) is 0 Å². The van der Waals surface area contributed by atoms with E-state index in [2.05, 4.69) is 4.98 Å². The number of fused-ring (bicyclic) bond motifs is 2. The highest BCUT2D eigenvalue weighted by Gasteiger charge is 2.42. The van der Waals surface area contributed by atoms with Gasteiger partial charge in [-0.3, -0.25) is 19.0 Å². The Morgan fingerprint density at radius 1 is 0.970 bits per heavy atom. The zero-order valence-corrected chi connectivity index (χ0v) is 17.3. The molecule has 33 heavy (non-hydrogen) atoms. The Labute approximate surface area is 188 Å². The molecular weight excluding hydrogens is 418 g/mol. The molecule has 1 saturated carbocycles. The second-order valence-electron chi connectivity index (χ2n) is 7.95. The topological polar surface area (TPSA) is 113 Å². The standard InChI is InChI=1S/C26H17N3O4/c27-13-15-6-8-16(9-7-15)25-28-14-20(26(33)29(25)19-4-2-1-3-5-19)24(32)21-22(30)17-10-11-18(12-17)23(21)31/h1-11,14,17-18,32H,12H2. The second kappa shape index (κ2) is 7.84. The van der Waals surface area contributed by atoms with Crippen molar-refractivity contribution in [1.29, 1.82) is 5.26 Å². The smallest absolute Gasteiger partial charge is 0.269 e. The third-order valence-electron chi connectivity index (χ3n) is 5.99. The zero-order valence-electron chi connectivity index (χ0n) is 17.3. The highest BCUT2D eigenvalue weighted by atomic mass is 16.3. The first-order valence-corrected chi connectivity index (χ1v) is 10.4. The summed E-state index contributed by atoms with van der Waals surface area (Å²) >= 11 is 0. The van der Waals surface area contributed by atoms with Gasteiger partial charge in [0.15, 0.2) is 11.6 Å². The van der Waals surface area contributed by atoms with Crippen LogP contribution in [0, 0.1) is 23.2 Å².